The summed E-state index contributed by atoms with van der Waals surface area (Å²) in [7, 11) is 0. The van der Waals surface area contributed by atoms with Crippen molar-refractivity contribution in [3.8, 4) is 0 Å². The third-order valence-corrected chi connectivity index (χ3v) is 7.12. The van der Waals surface area contributed by atoms with Gasteiger partial charge in [-0.1, -0.05) is 17.8 Å². The van der Waals surface area contributed by atoms with E-state index in [2.05, 4.69) is 11.1 Å². The lowest BCUT2D eigenvalue weighted by Crippen LogP contribution is -2.01. The van der Waals surface area contributed by atoms with Crippen LogP contribution in [0.15, 0.2) is 32.7 Å². The predicted octanol–water partition coefficient (Wildman–Crippen LogP) is 4.59. The van der Waals surface area contributed by atoms with Crippen molar-refractivity contribution in [1.82, 2.24) is 4.98 Å². The minimum absolute atomic E-state index is 0.339. The van der Waals surface area contributed by atoms with Crippen LogP contribution in [-0.2, 0) is 30.4 Å². The Balaban J connectivity index is 1.54. The molecule has 7 heteroatoms. The van der Waals surface area contributed by atoms with Gasteiger partial charge in [0.25, 0.3) is 0 Å². The summed E-state index contributed by atoms with van der Waals surface area (Å²) in [4.78, 5) is 22.3. The first kappa shape index (κ1) is 19.2. The van der Waals surface area contributed by atoms with Gasteiger partial charge in [-0.25, -0.2) is 9.78 Å². The SMILES string of the molecule is CCOC(=O)c1cnc(S/C(C=Nc2c3c(cc4c2CCC4)CCC3)=C/N)s1. The van der Waals surface area contributed by atoms with E-state index in [0.29, 0.717) is 11.5 Å². The van der Waals surface area contributed by atoms with Gasteiger partial charge in [0.15, 0.2) is 4.34 Å². The highest BCUT2D eigenvalue weighted by atomic mass is 32.2. The number of thiazole rings is 1. The number of fused-ring (bicyclic) bond motifs is 2. The van der Waals surface area contributed by atoms with Gasteiger partial charge in [-0.3, -0.25) is 4.99 Å². The molecular formula is C21H23N3O2S2. The second-order valence-electron chi connectivity index (χ2n) is 6.85. The lowest BCUT2D eigenvalue weighted by molar-refractivity contribution is 0.0532. The zero-order chi connectivity index (χ0) is 19.5. The van der Waals surface area contributed by atoms with E-state index >= 15 is 0 Å². The smallest absolute Gasteiger partial charge is 0.349 e. The minimum atomic E-state index is -0.339. The Hall–Kier alpha value is -2.12. The molecule has 0 bridgehead atoms. The maximum absolute atomic E-state index is 11.8. The van der Waals surface area contributed by atoms with Gasteiger partial charge >= 0.3 is 5.97 Å². The lowest BCUT2D eigenvalue weighted by Gasteiger charge is -2.11. The highest BCUT2D eigenvalue weighted by Crippen LogP contribution is 2.40. The van der Waals surface area contributed by atoms with Crippen LogP contribution in [0.3, 0.4) is 0 Å². The quantitative estimate of drug-likeness (QED) is 0.426. The van der Waals surface area contributed by atoms with Gasteiger partial charge in [0.05, 0.1) is 18.5 Å². The van der Waals surface area contributed by atoms with Gasteiger partial charge in [-0.15, -0.1) is 11.3 Å². The summed E-state index contributed by atoms with van der Waals surface area (Å²) in [5.74, 6) is -0.339. The van der Waals surface area contributed by atoms with E-state index in [0.717, 1.165) is 40.6 Å². The van der Waals surface area contributed by atoms with Crippen molar-refractivity contribution in [2.45, 2.75) is 49.8 Å². The van der Waals surface area contributed by atoms with Gasteiger partial charge in [0.2, 0.25) is 0 Å². The van der Waals surface area contributed by atoms with E-state index in [1.165, 1.54) is 58.2 Å². The van der Waals surface area contributed by atoms with E-state index < -0.39 is 0 Å². The number of rotatable bonds is 6. The lowest BCUT2D eigenvalue weighted by atomic mass is 9.99. The first-order valence-corrected chi connectivity index (χ1v) is 11.3. The molecule has 2 N–H and O–H groups in total. The number of aryl methyl sites for hydroxylation is 2. The highest BCUT2D eigenvalue weighted by Gasteiger charge is 2.23. The molecule has 0 fully saturated rings. The molecule has 2 aromatic rings. The number of nitrogens with two attached hydrogens (primary N) is 1. The minimum Gasteiger partial charge on any atom is -0.462 e. The summed E-state index contributed by atoms with van der Waals surface area (Å²) in [6.07, 6.45) is 11.9. The van der Waals surface area contributed by atoms with Crippen molar-refractivity contribution in [3.05, 3.63) is 50.5 Å². The molecule has 0 radical (unpaired) electrons. The van der Waals surface area contributed by atoms with Crippen LogP contribution in [-0.4, -0.2) is 23.8 Å². The number of allylic oxidation sites excluding steroid dienone is 1. The Morgan fingerprint density at radius 1 is 1.29 bits per heavy atom. The van der Waals surface area contributed by atoms with Crippen molar-refractivity contribution in [3.63, 3.8) is 0 Å². The first-order chi connectivity index (χ1) is 13.7. The molecule has 1 heterocycles. The summed E-state index contributed by atoms with van der Waals surface area (Å²) >= 11 is 2.72. The Morgan fingerprint density at radius 2 is 2.00 bits per heavy atom. The zero-order valence-corrected chi connectivity index (χ0v) is 17.5. The topological polar surface area (TPSA) is 77.6 Å². The fourth-order valence-corrected chi connectivity index (χ4v) is 5.62. The number of thioether (sulfide) groups is 1. The number of carbonyl (C=O) groups excluding carboxylic acids is 1. The number of hydrogen-bond acceptors (Lipinski definition) is 7. The Labute approximate surface area is 173 Å². The average Bonchev–Trinajstić information content (AvgIpc) is 3.44. The van der Waals surface area contributed by atoms with Gasteiger partial charge in [0.1, 0.15) is 4.88 Å². The van der Waals surface area contributed by atoms with Gasteiger partial charge in [-0.2, -0.15) is 0 Å². The Kier molecular flexibility index (Phi) is 5.82. The fourth-order valence-electron chi connectivity index (χ4n) is 3.88. The summed E-state index contributed by atoms with van der Waals surface area (Å²) < 4.78 is 5.76. The van der Waals surface area contributed by atoms with E-state index in [9.17, 15) is 4.79 Å². The molecule has 146 valence electrons. The molecule has 4 rings (SSSR count). The fraction of sp³-hybridized carbons (Fsp3) is 0.381. The zero-order valence-electron chi connectivity index (χ0n) is 15.9. The number of aliphatic imine (C=N–C) groups is 1. The highest BCUT2D eigenvalue weighted by molar-refractivity contribution is 8.05. The third-order valence-electron chi connectivity index (χ3n) is 5.09. The van der Waals surface area contributed by atoms with Crippen LogP contribution in [0.25, 0.3) is 0 Å². The van der Waals surface area contributed by atoms with Crippen molar-refractivity contribution in [2.24, 2.45) is 10.7 Å². The molecule has 2 aliphatic rings. The van der Waals surface area contributed by atoms with Crippen molar-refractivity contribution >= 4 is 41.0 Å². The standard InChI is InChI=1S/C21H23N3O2S2/c1-2-26-20(25)18-12-24-21(28-18)27-15(10-22)11-23-19-16-7-3-5-13(16)9-14-6-4-8-17(14)19/h9-12H,2-8,22H2,1H3/b15-10+,23-11?. The number of carbonyl (C=O) groups is 1. The molecule has 5 nitrogen and oxygen atoms in total. The summed E-state index contributed by atoms with van der Waals surface area (Å²) in [5.41, 5.74) is 12.8. The van der Waals surface area contributed by atoms with Crippen LogP contribution in [0.2, 0.25) is 0 Å². The molecular weight excluding hydrogens is 390 g/mol. The van der Waals surface area contributed by atoms with Gasteiger partial charge < -0.3 is 10.5 Å². The van der Waals surface area contributed by atoms with Crippen LogP contribution in [0.1, 0.15) is 51.7 Å². The van der Waals surface area contributed by atoms with Crippen LogP contribution in [0.4, 0.5) is 5.69 Å². The van der Waals surface area contributed by atoms with Crippen LogP contribution in [0.5, 0.6) is 0 Å². The van der Waals surface area contributed by atoms with E-state index in [1.54, 1.807) is 19.3 Å². The molecule has 0 atom stereocenters. The van der Waals surface area contributed by atoms with Crippen molar-refractivity contribution < 1.29 is 9.53 Å². The number of hydrogen-bond donors (Lipinski definition) is 1. The molecule has 0 saturated heterocycles. The number of ether oxygens (including phenoxy) is 1. The van der Waals surface area contributed by atoms with Crippen LogP contribution >= 0.6 is 23.1 Å². The number of nitrogens with zero attached hydrogens (tertiary/aromatic N) is 2. The molecule has 1 aromatic carbocycles. The van der Waals surface area contributed by atoms with Crippen LogP contribution in [0, 0.1) is 0 Å². The molecule has 28 heavy (non-hydrogen) atoms. The molecule has 0 aliphatic heterocycles. The molecule has 2 aliphatic carbocycles. The Morgan fingerprint density at radius 3 is 2.64 bits per heavy atom. The first-order valence-electron chi connectivity index (χ1n) is 9.63. The number of benzene rings is 1. The average molecular weight is 414 g/mol. The second-order valence-corrected chi connectivity index (χ2v) is 9.20. The summed E-state index contributed by atoms with van der Waals surface area (Å²) in [6, 6.07) is 2.41. The molecule has 0 unspecified atom stereocenters. The molecule has 0 spiro atoms. The number of esters is 1. The molecule has 0 saturated carbocycles. The second kappa shape index (κ2) is 8.49. The van der Waals surface area contributed by atoms with E-state index in [4.69, 9.17) is 15.5 Å². The predicted molar refractivity (Wildman–Crippen MR) is 115 cm³/mol. The Bertz CT molecular complexity index is 931. The molecule has 1 aromatic heterocycles. The van der Waals surface area contributed by atoms with E-state index in [-0.39, 0.29) is 5.97 Å². The maximum atomic E-state index is 11.8. The van der Waals surface area contributed by atoms with Gasteiger partial charge in [-0.05, 0) is 67.7 Å². The van der Waals surface area contributed by atoms with Crippen LogP contribution < -0.4 is 5.73 Å². The third kappa shape index (κ3) is 3.86. The largest absolute Gasteiger partial charge is 0.462 e. The number of aromatic nitrogens is 1. The molecule has 0 amide bonds. The van der Waals surface area contributed by atoms with Gasteiger partial charge in [0, 0.05) is 17.3 Å². The monoisotopic (exact) mass is 413 g/mol. The van der Waals surface area contributed by atoms with E-state index in [1.807, 2.05) is 6.21 Å². The summed E-state index contributed by atoms with van der Waals surface area (Å²) in [5, 5.41) is 0. The van der Waals surface area contributed by atoms with Crippen molar-refractivity contribution in [2.75, 3.05) is 6.61 Å². The van der Waals surface area contributed by atoms with Crippen molar-refractivity contribution in [1.29, 1.82) is 0 Å². The normalized spacial score (nSPS) is 15.8. The summed E-state index contributed by atoms with van der Waals surface area (Å²) in [6.45, 7) is 2.14. The maximum Gasteiger partial charge on any atom is 0.349 e.